The lowest BCUT2D eigenvalue weighted by Gasteiger charge is -2.06. The largest absolute Gasteiger partial charge is 0.356 e. The summed E-state index contributed by atoms with van der Waals surface area (Å²) in [5, 5.41) is 2.98. The van der Waals surface area contributed by atoms with E-state index in [-0.39, 0.29) is 5.91 Å². The molecule has 0 fully saturated rings. The third kappa shape index (κ3) is 5.78. The number of aryl methyl sites for hydroxylation is 2. The highest BCUT2D eigenvalue weighted by Crippen LogP contribution is 2.05. The average Bonchev–Trinajstić information content (AvgIpc) is 2.48. The van der Waals surface area contributed by atoms with Crippen molar-refractivity contribution in [3.8, 4) is 0 Å². The molecule has 1 amide bonds. The van der Waals surface area contributed by atoms with Gasteiger partial charge in [-0.3, -0.25) is 9.78 Å². The van der Waals surface area contributed by atoms with Gasteiger partial charge in [-0.1, -0.05) is 35.9 Å². The van der Waals surface area contributed by atoms with E-state index in [9.17, 15) is 4.79 Å². The number of benzene rings is 1. The second kappa shape index (κ2) is 8.20. The number of hydrogen-bond acceptors (Lipinski definition) is 2. The molecule has 0 aliphatic carbocycles. The zero-order valence-electron chi connectivity index (χ0n) is 12.5. The van der Waals surface area contributed by atoms with E-state index in [1.54, 1.807) is 6.20 Å². The van der Waals surface area contributed by atoms with Crippen LogP contribution in [-0.4, -0.2) is 17.4 Å². The zero-order valence-corrected chi connectivity index (χ0v) is 12.5. The number of carbonyl (C=O) groups excluding carboxylic acids is 1. The minimum Gasteiger partial charge on any atom is -0.356 e. The lowest BCUT2D eigenvalue weighted by Crippen LogP contribution is -2.26. The summed E-state index contributed by atoms with van der Waals surface area (Å²) in [7, 11) is 0. The first-order valence-corrected chi connectivity index (χ1v) is 7.45. The molecule has 1 aromatic carbocycles. The third-order valence-electron chi connectivity index (χ3n) is 3.38. The lowest BCUT2D eigenvalue weighted by atomic mass is 10.1. The summed E-state index contributed by atoms with van der Waals surface area (Å²) in [6.07, 6.45) is 7.22. The first-order chi connectivity index (χ1) is 10.2. The Kier molecular flexibility index (Phi) is 5.95. The van der Waals surface area contributed by atoms with Gasteiger partial charge in [0, 0.05) is 18.9 Å². The van der Waals surface area contributed by atoms with Crippen LogP contribution >= 0.6 is 0 Å². The normalized spacial score (nSPS) is 10.3. The highest BCUT2D eigenvalue weighted by atomic mass is 16.1. The topological polar surface area (TPSA) is 42.0 Å². The van der Waals surface area contributed by atoms with Crippen molar-refractivity contribution in [2.45, 2.75) is 32.6 Å². The molecule has 110 valence electrons. The molecular formula is C18H22N2O. The molecular weight excluding hydrogens is 260 g/mol. The van der Waals surface area contributed by atoms with E-state index in [1.807, 2.05) is 37.4 Å². The average molecular weight is 282 g/mol. The van der Waals surface area contributed by atoms with E-state index in [4.69, 9.17) is 0 Å². The number of pyridine rings is 1. The number of nitrogens with zero attached hydrogens (tertiary/aromatic N) is 1. The van der Waals surface area contributed by atoms with Crippen LogP contribution < -0.4 is 5.32 Å². The molecule has 0 saturated heterocycles. The van der Waals surface area contributed by atoms with E-state index < -0.39 is 0 Å². The van der Waals surface area contributed by atoms with Crippen molar-refractivity contribution in [3.05, 3.63) is 65.5 Å². The van der Waals surface area contributed by atoms with Crippen LogP contribution in [0.25, 0.3) is 0 Å². The molecule has 21 heavy (non-hydrogen) atoms. The van der Waals surface area contributed by atoms with Crippen molar-refractivity contribution in [1.29, 1.82) is 0 Å². The van der Waals surface area contributed by atoms with Crippen LogP contribution in [-0.2, 0) is 17.6 Å². The fourth-order valence-corrected chi connectivity index (χ4v) is 2.30. The van der Waals surface area contributed by atoms with Crippen molar-refractivity contribution in [1.82, 2.24) is 10.3 Å². The molecule has 2 aromatic rings. The fraction of sp³-hybridized carbons (Fsp3) is 0.333. The van der Waals surface area contributed by atoms with Crippen molar-refractivity contribution in [2.75, 3.05) is 6.54 Å². The standard InChI is InChI=1S/C18H22N2O/c1-15-6-4-8-17(12-15)13-18(21)20-11-3-2-7-16-9-5-10-19-14-16/h4-6,8-10,12,14H,2-3,7,11,13H2,1H3,(H,20,21). The van der Waals surface area contributed by atoms with Crippen molar-refractivity contribution < 1.29 is 4.79 Å². The van der Waals surface area contributed by atoms with E-state index in [0.29, 0.717) is 6.42 Å². The van der Waals surface area contributed by atoms with Gasteiger partial charge in [-0.2, -0.15) is 0 Å². The Hall–Kier alpha value is -2.16. The smallest absolute Gasteiger partial charge is 0.224 e. The minimum absolute atomic E-state index is 0.0991. The van der Waals surface area contributed by atoms with Crippen LogP contribution in [0.2, 0.25) is 0 Å². The molecule has 0 saturated carbocycles. The Morgan fingerprint density at radius 3 is 2.76 bits per heavy atom. The third-order valence-corrected chi connectivity index (χ3v) is 3.38. The van der Waals surface area contributed by atoms with Gasteiger partial charge < -0.3 is 5.32 Å². The van der Waals surface area contributed by atoms with Gasteiger partial charge in [-0.05, 0) is 43.4 Å². The summed E-state index contributed by atoms with van der Waals surface area (Å²) in [6.45, 7) is 2.78. The monoisotopic (exact) mass is 282 g/mol. The van der Waals surface area contributed by atoms with Crippen LogP contribution in [0.1, 0.15) is 29.5 Å². The Balaban J connectivity index is 1.61. The van der Waals surface area contributed by atoms with Crippen LogP contribution in [0.3, 0.4) is 0 Å². The first kappa shape index (κ1) is 15.2. The van der Waals surface area contributed by atoms with Crippen molar-refractivity contribution in [3.63, 3.8) is 0 Å². The van der Waals surface area contributed by atoms with Gasteiger partial charge in [0.15, 0.2) is 0 Å². The van der Waals surface area contributed by atoms with Crippen LogP contribution in [0, 0.1) is 6.92 Å². The molecule has 0 unspecified atom stereocenters. The molecule has 2 rings (SSSR count). The summed E-state index contributed by atoms with van der Waals surface area (Å²) in [6, 6.07) is 12.1. The number of unbranched alkanes of at least 4 members (excludes halogenated alkanes) is 1. The fourth-order valence-electron chi connectivity index (χ4n) is 2.30. The molecule has 1 N–H and O–H groups in total. The molecule has 0 bridgehead atoms. The highest BCUT2D eigenvalue weighted by molar-refractivity contribution is 5.78. The lowest BCUT2D eigenvalue weighted by molar-refractivity contribution is -0.120. The van der Waals surface area contributed by atoms with Gasteiger partial charge >= 0.3 is 0 Å². The first-order valence-electron chi connectivity index (χ1n) is 7.45. The maximum atomic E-state index is 11.8. The van der Waals surface area contributed by atoms with E-state index in [0.717, 1.165) is 31.4 Å². The predicted octanol–water partition coefficient (Wildman–Crippen LogP) is 3.07. The van der Waals surface area contributed by atoms with Crippen molar-refractivity contribution >= 4 is 5.91 Å². The molecule has 3 nitrogen and oxygen atoms in total. The van der Waals surface area contributed by atoms with Crippen molar-refractivity contribution in [2.24, 2.45) is 0 Å². The number of hydrogen-bond donors (Lipinski definition) is 1. The minimum atomic E-state index is 0.0991. The molecule has 3 heteroatoms. The zero-order chi connectivity index (χ0) is 14.9. The summed E-state index contributed by atoms with van der Waals surface area (Å²) in [4.78, 5) is 15.9. The summed E-state index contributed by atoms with van der Waals surface area (Å²) in [5.74, 6) is 0.0991. The van der Waals surface area contributed by atoms with E-state index in [2.05, 4.69) is 22.4 Å². The summed E-state index contributed by atoms with van der Waals surface area (Å²) < 4.78 is 0. The van der Waals surface area contributed by atoms with Crippen LogP contribution in [0.5, 0.6) is 0 Å². The Morgan fingerprint density at radius 2 is 2.00 bits per heavy atom. The molecule has 0 radical (unpaired) electrons. The van der Waals surface area contributed by atoms with Crippen LogP contribution in [0.15, 0.2) is 48.8 Å². The number of aromatic nitrogens is 1. The molecule has 0 aliphatic heterocycles. The maximum Gasteiger partial charge on any atom is 0.224 e. The predicted molar refractivity (Wildman–Crippen MR) is 85.1 cm³/mol. The van der Waals surface area contributed by atoms with Gasteiger partial charge in [0.2, 0.25) is 5.91 Å². The summed E-state index contributed by atoms with van der Waals surface area (Å²) >= 11 is 0. The van der Waals surface area contributed by atoms with E-state index >= 15 is 0 Å². The van der Waals surface area contributed by atoms with Gasteiger partial charge in [-0.15, -0.1) is 0 Å². The molecule has 0 spiro atoms. The van der Waals surface area contributed by atoms with Gasteiger partial charge in [0.1, 0.15) is 0 Å². The SMILES string of the molecule is Cc1cccc(CC(=O)NCCCCc2cccnc2)c1. The number of carbonyl (C=O) groups is 1. The van der Waals surface area contributed by atoms with Gasteiger partial charge in [0.25, 0.3) is 0 Å². The Labute approximate surface area is 126 Å². The second-order valence-corrected chi connectivity index (χ2v) is 5.33. The highest BCUT2D eigenvalue weighted by Gasteiger charge is 2.02. The van der Waals surface area contributed by atoms with E-state index in [1.165, 1.54) is 11.1 Å². The Bertz CT molecular complexity index is 566. The molecule has 0 aliphatic rings. The summed E-state index contributed by atoms with van der Waals surface area (Å²) in [5.41, 5.74) is 3.52. The number of amides is 1. The van der Waals surface area contributed by atoms with Gasteiger partial charge in [-0.25, -0.2) is 0 Å². The number of rotatable bonds is 7. The molecule has 1 aromatic heterocycles. The maximum absolute atomic E-state index is 11.8. The van der Waals surface area contributed by atoms with Gasteiger partial charge in [0.05, 0.1) is 6.42 Å². The van der Waals surface area contributed by atoms with Crippen LogP contribution in [0.4, 0.5) is 0 Å². The Morgan fingerprint density at radius 1 is 1.14 bits per heavy atom. The molecule has 0 atom stereocenters. The number of nitrogens with one attached hydrogen (secondary N) is 1. The second-order valence-electron chi connectivity index (χ2n) is 5.33. The quantitative estimate of drug-likeness (QED) is 0.793. The molecule has 1 heterocycles.